The average molecular weight is 650 g/mol. The van der Waals surface area contributed by atoms with Crippen LogP contribution in [0, 0.1) is 0 Å². The molecule has 4 heteroatoms. The van der Waals surface area contributed by atoms with Crippen LogP contribution in [0.4, 0.5) is 0 Å². The van der Waals surface area contributed by atoms with Crippen LogP contribution in [0.3, 0.4) is 0 Å². The monoisotopic (exact) mass is 649 g/mol. The van der Waals surface area contributed by atoms with E-state index in [1.807, 2.05) is 140 Å². The lowest BCUT2D eigenvalue weighted by molar-refractivity contribution is 1.07. The molecule has 0 fully saturated rings. The Bertz CT molecular complexity index is 2900. The van der Waals surface area contributed by atoms with E-state index in [2.05, 4.69) is 0 Å². The molecule has 0 aliphatic heterocycles. The van der Waals surface area contributed by atoms with Crippen molar-refractivity contribution in [3.8, 4) is 67.5 Å². The van der Waals surface area contributed by atoms with Gasteiger partial charge in [0, 0.05) is 36.9 Å². The first kappa shape index (κ1) is 23.2. The zero-order valence-electron chi connectivity index (χ0n) is 32.0. The molecule has 0 saturated heterocycles. The van der Waals surface area contributed by atoms with E-state index in [0.29, 0.717) is 42.9 Å². The van der Waals surface area contributed by atoms with Crippen LogP contribution in [-0.4, -0.2) is 15.0 Å². The molecule has 7 aromatic carbocycles. The van der Waals surface area contributed by atoms with Crippen LogP contribution in [0.2, 0.25) is 0 Å². The predicted molar refractivity (Wildman–Crippen MR) is 205 cm³/mol. The van der Waals surface area contributed by atoms with Gasteiger partial charge in [-0.3, -0.25) is 0 Å². The number of benzene rings is 7. The fourth-order valence-electron chi connectivity index (χ4n) is 6.01. The quantitative estimate of drug-likeness (QED) is 0.180. The van der Waals surface area contributed by atoms with Crippen molar-refractivity contribution < 1.29 is 8.22 Å². The smallest absolute Gasteiger partial charge is 0.164 e. The van der Waals surface area contributed by atoms with Crippen molar-refractivity contribution in [2.45, 2.75) is 0 Å². The van der Waals surface area contributed by atoms with Crippen molar-refractivity contribution in [1.82, 2.24) is 15.0 Å². The number of rotatable bonds is 6. The first-order chi connectivity index (χ1) is 26.8. The molecule has 0 radical (unpaired) electrons. The summed E-state index contributed by atoms with van der Waals surface area (Å²) < 4.78 is 55.7. The van der Waals surface area contributed by atoms with Crippen LogP contribution >= 0.6 is 11.3 Å². The molecule has 0 aliphatic rings. The van der Waals surface area contributed by atoms with Gasteiger partial charge in [-0.1, -0.05) is 164 Å². The van der Waals surface area contributed by atoms with E-state index in [1.165, 1.54) is 0 Å². The van der Waals surface area contributed by atoms with Crippen LogP contribution in [0.15, 0.2) is 176 Å². The van der Waals surface area contributed by atoms with Crippen molar-refractivity contribution in [2.75, 3.05) is 0 Å². The third kappa shape index (κ3) is 5.58. The summed E-state index contributed by atoms with van der Waals surface area (Å²) in [5.74, 6) is 0.809. The summed E-state index contributed by atoms with van der Waals surface area (Å²) in [5, 5.41) is 0.730. The van der Waals surface area contributed by atoms with Gasteiger partial charge in [-0.2, -0.15) is 0 Å². The zero-order chi connectivity index (χ0) is 37.8. The Morgan fingerprint density at radius 2 is 0.837 bits per heavy atom. The summed E-state index contributed by atoms with van der Waals surface area (Å²) in [7, 11) is 0. The van der Waals surface area contributed by atoms with E-state index < -0.39 is 0 Å². The maximum atomic E-state index is 9.55. The first-order valence-corrected chi connectivity index (χ1v) is 16.7. The average Bonchev–Trinajstić information content (AvgIpc) is 3.64. The molecule has 0 amide bonds. The lowest BCUT2D eigenvalue weighted by Crippen LogP contribution is -2.00. The van der Waals surface area contributed by atoms with E-state index in [9.17, 15) is 4.11 Å². The molecule has 2 aromatic heterocycles. The Morgan fingerprint density at radius 1 is 0.388 bits per heavy atom. The summed E-state index contributed by atoms with van der Waals surface area (Å²) in [6, 6.07) is 44.0. The van der Waals surface area contributed by atoms with Crippen molar-refractivity contribution in [2.24, 2.45) is 0 Å². The Balaban J connectivity index is 1.25. The van der Waals surface area contributed by atoms with Crippen molar-refractivity contribution in [3.63, 3.8) is 0 Å². The molecule has 0 saturated carbocycles. The summed E-state index contributed by atoms with van der Waals surface area (Å²) in [6.07, 6.45) is 0. The second-order valence-corrected chi connectivity index (χ2v) is 12.6. The maximum Gasteiger partial charge on any atom is 0.164 e. The molecule has 49 heavy (non-hydrogen) atoms. The van der Waals surface area contributed by atoms with E-state index in [1.54, 1.807) is 0 Å². The molecular weight excluding hydrogens is 615 g/mol. The number of fused-ring (bicyclic) bond motifs is 3. The zero-order valence-corrected chi connectivity index (χ0v) is 26.8. The minimum Gasteiger partial charge on any atom is -0.208 e. The highest BCUT2D eigenvalue weighted by atomic mass is 32.1. The van der Waals surface area contributed by atoms with Gasteiger partial charge in [0.05, 0.1) is 8.22 Å². The van der Waals surface area contributed by atoms with Gasteiger partial charge in [-0.05, 0) is 45.5 Å². The van der Waals surface area contributed by atoms with E-state index in [0.717, 1.165) is 44.7 Å². The van der Waals surface area contributed by atoms with Gasteiger partial charge in [0.1, 0.15) is 0 Å². The highest BCUT2D eigenvalue weighted by Crippen LogP contribution is 2.41. The predicted octanol–water partition coefficient (Wildman–Crippen LogP) is 12.2. The second-order valence-electron chi connectivity index (χ2n) is 11.6. The molecule has 3 nitrogen and oxygen atoms in total. The summed E-state index contributed by atoms with van der Waals surface area (Å²) in [4.78, 5) is 14.5. The number of nitrogens with zero attached hydrogens (tertiary/aromatic N) is 3. The van der Waals surface area contributed by atoms with E-state index in [4.69, 9.17) is 19.1 Å². The highest BCUT2D eigenvalue weighted by molar-refractivity contribution is 7.26. The summed E-state index contributed by atoms with van der Waals surface area (Å²) in [5.41, 5.74) is 6.70. The highest BCUT2D eigenvalue weighted by Gasteiger charge is 2.16. The third-order valence-electron chi connectivity index (χ3n) is 8.49. The van der Waals surface area contributed by atoms with Gasteiger partial charge >= 0.3 is 0 Å². The van der Waals surface area contributed by atoms with Gasteiger partial charge in [0.2, 0.25) is 0 Å². The Morgan fingerprint density at radius 3 is 1.41 bits per heavy atom. The van der Waals surface area contributed by atoms with Crippen molar-refractivity contribution in [3.05, 3.63) is 176 Å². The molecule has 0 N–H and O–H groups in total. The van der Waals surface area contributed by atoms with Crippen LogP contribution in [-0.2, 0) is 0 Å². The number of aromatic nitrogens is 3. The lowest BCUT2D eigenvalue weighted by atomic mass is 9.97. The van der Waals surface area contributed by atoms with Crippen molar-refractivity contribution >= 4 is 31.5 Å². The number of hydrogen-bond donors (Lipinski definition) is 0. The Labute approximate surface area is 297 Å². The van der Waals surface area contributed by atoms with E-state index >= 15 is 0 Å². The molecule has 9 rings (SSSR count). The topological polar surface area (TPSA) is 38.7 Å². The molecular formula is C45H29N3S. The van der Waals surface area contributed by atoms with Crippen LogP contribution in [0.25, 0.3) is 87.7 Å². The number of hydrogen-bond acceptors (Lipinski definition) is 4. The van der Waals surface area contributed by atoms with Gasteiger partial charge < -0.3 is 0 Å². The first-order valence-electron chi connectivity index (χ1n) is 18.9. The van der Waals surface area contributed by atoms with E-state index in [-0.39, 0.29) is 47.6 Å². The normalized spacial score (nSPS) is 13.0. The van der Waals surface area contributed by atoms with Crippen LogP contribution in [0.5, 0.6) is 0 Å². The fourth-order valence-corrected chi connectivity index (χ4v) is 7.03. The molecule has 0 spiro atoms. The summed E-state index contributed by atoms with van der Waals surface area (Å²) >= 11 is 1.13. The Hall–Kier alpha value is -6.23. The standard InChI is InChI=1S/C45H29N3S/c1-4-11-30(12-5-1)32-19-23-34(24-20-32)38-17-10-18-40-42(38)39-28-27-37(29-41(39)49-40)45-47-43(35-15-8-3-9-16-35)46-44(48-45)36-25-21-33(22-26-36)31-13-6-2-7-14-31/h1-29H/i10D,17D,18D,27D,28D,29D. The molecule has 0 aliphatic carbocycles. The van der Waals surface area contributed by atoms with Gasteiger partial charge in [0.25, 0.3) is 0 Å². The molecule has 0 unspecified atom stereocenters. The molecule has 2 heterocycles. The molecule has 230 valence electrons. The van der Waals surface area contributed by atoms with Crippen LogP contribution in [0.1, 0.15) is 8.22 Å². The molecule has 9 aromatic rings. The van der Waals surface area contributed by atoms with Gasteiger partial charge in [0.15, 0.2) is 17.5 Å². The molecule has 0 bridgehead atoms. The number of thiophene rings is 1. The maximum absolute atomic E-state index is 9.55. The summed E-state index contributed by atoms with van der Waals surface area (Å²) in [6.45, 7) is 0. The lowest BCUT2D eigenvalue weighted by Gasteiger charge is -2.09. The third-order valence-corrected chi connectivity index (χ3v) is 9.52. The van der Waals surface area contributed by atoms with Gasteiger partial charge in [-0.25, -0.2) is 15.0 Å². The largest absolute Gasteiger partial charge is 0.208 e. The van der Waals surface area contributed by atoms with Gasteiger partial charge in [-0.15, -0.1) is 11.3 Å². The van der Waals surface area contributed by atoms with Crippen molar-refractivity contribution in [1.29, 1.82) is 0 Å². The SMILES string of the molecule is [2H]c1c([2H])c(-c2ccc(-c3ccccc3)cc2)c2c(sc3c([2H])c(-c4nc(-c5ccccc5)nc(-c5ccc(-c6ccccc6)cc5)n4)c([2H])c([2H])c32)c1[2H]. The van der Waals surface area contributed by atoms with Crippen LogP contribution < -0.4 is 0 Å². The Kier molecular flexibility index (Phi) is 5.87. The minimum atomic E-state index is -0.244. The fraction of sp³-hybridized carbons (Fsp3) is 0. The second kappa shape index (κ2) is 12.4. The molecule has 0 atom stereocenters. The minimum absolute atomic E-state index is 0.0596.